The van der Waals surface area contributed by atoms with Gasteiger partial charge in [0.15, 0.2) is 0 Å². The molecule has 2 atom stereocenters. The topological polar surface area (TPSA) is 71.1 Å². The summed E-state index contributed by atoms with van der Waals surface area (Å²) in [4.78, 5) is 4.23. The van der Waals surface area contributed by atoms with Crippen LogP contribution in [0.3, 0.4) is 0 Å². The number of nitrogens with one attached hydrogen (secondary N) is 2. The molecule has 1 fully saturated rings. The third-order valence-corrected chi connectivity index (χ3v) is 5.28. The number of anilines is 1. The van der Waals surface area contributed by atoms with Crippen molar-refractivity contribution in [2.24, 2.45) is 5.92 Å². The fourth-order valence-corrected chi connectivity index (χ4v) is 3.99. The maximum atomic E-state index is 12.4. The number of aromatic nitrogens is 1. The van der Waals surface area contributed by atoms with Crippen LogP contribution in [0.25, 0.3) is 0 Å². The molecule has 1 saturated carbocycles. The molecule has 1 aliphatic rings. The van der Waals surface area contributed by atoms with Gasteiger partial charge in [0, 0.05) is 18.8 Å². The zero-order chi connectivity index (χ0) is 14.6. The van der Waals surface area contributed by atoms with E-state index in [9.17, 15) is 8.42 Å². The molecular formula is C14H23N3O2S. The van der Waals surface area contributed by atoms with Gasteiger partial charge in [-0.2, -0.15) is 0 Å². The molecule has 0 aromatic carbocycles. The Balaban J connectivity index is 2.15. The van der Waals surface area contributed by atoms with Gasteiger partial charge in [-0.1, -0.05) is 19.8 Å². The van der Waals surface area contributed by atoms with Crippen LogP contribution in [-0.2, 0) is 10.0 Å². The Labute approximate surface area is 121 Å². The van der Waals surface area contributed by atoms with Crippen molar-refractivity contribution >= 4 is 15.7 Å². The highest BCUT2D eigenvalue weighted by molar-refractivity contribution is 7.89. The van der Waals surface area contributed by atoms with Crippen molar-refractivity contribution in [3.8, 4) is 0 Å². The molecule has 1 heterocycles. The second kappa shape index (κ2) is 6.54. The molecule has 6 heteroatoms. The molecule has 2 unspecified atom stereocenters. The van der Waals surface area contributed by atoms with Gasteiger partial charge in [0.2, 0.25) is 10.0 Å². The van der Waals surface area contributed by atoms with Crippen molar-refractivity contribution in [3.63, 3.8) is 0 Å². The van der Waals surface area contributed by atoms with Gasteiger partial charge in [-0.3, -0.25) is 4.98 Å². The monoisotopic (exact) mass is 297 g/mol. The summed E-state index contributed by atoms with van der Waals surface area (Å²) < 4.78 is 27.7. The van der Waals surface area contributed by atoms with E-state index in [0.717, 1.165) is 31.5 Å². The van der Waals surface area contributed by atoms with Crippen LogP contribution in [-0.4, -0.2) is 26.0 Å². The fourth-order valence-electron chi connectivity index (χ4n) is 2.63. The van der Waals surface area contributed by atoms with Gasteiger partial charge in [0.05, 0.1) is 11.9 Å². The average Bonchev–Trinajstić information content (AvgIpc) is 2.42. The van der Waals surface area contributed by atoms with E-state index in [1.165, 1.54) is 12.6 Å². The Hall–Kier alpha value is -1.14. The first kappa shape index (κ1) is 15.3. The van der Waals surface area contributed by atoms with Crippen LogP contribution in [0.15, 0.2) is 23.4 Å². The largest absolute Gasteiger partial charge is 0.384 e. The predicted molar refractivity (Wildman–Crippen MR) is 80.1 cm³/mol. The van der Waals surface area contributed by atoms with Gasteiger partial charge in [-0.05, 0) is 31.7 Å². The van der Waals surface area contributed by atoms with Gasteiger partial charge in [0.1, 0.15) is 4.90 Å². The molecule has 0 spiro atoms. The smallest absolute Gasteiger partial charge is 0.242 e. The first-order chi connectivity index (χ1) is 9.53. The lowest BCUT2D eigenvalue weighted by Gasteiger charge is -2.29. The van der Waals surface area contributed by atoms with E-state index in [0.29, 0.717) is 5.92 Å². The first-order valence-electron chi connectivity index (χ1n) is 7.24. The summed E-state index contributed by atoms with van der Waals surface area (Å²) in [7, 11) is -3.49. The Morgan fingerprint density at radius 2 is 2.05 bits per heavy atom. The van der Waals surface area contributed by atoms with E-state index in [2.05, 4.69) is 21.9 Å². The van der Waals surface area contributed by atoms with E-state index in [1.807, 2.05) is 6.92 Å². The molecule has 0 saturated heterocycles. The van der Waals surface area contributed by atoms with Crippen LogP contribution >= 0.6 is 0 Å². The molecule has 20 heavy (non-hydrogen) atoms. The molecule has 0 radical (unpaired) electrons. The fraction of sp³-hybridized carbons (Fsp3) is 0.643. The third kappa shape index (κ3) is 3.70. The summed E-state index contributed by atoms with van der Waals surface area (Å²) in [6.45, 7) is 4.81. The van der Waals surface area contributed by atoms with Crippen molar-refractivity contribution in [1.82, 2.24) is 9.71 Å². The molecule has 2 N–H and O–H groups in total. The molecule has 5 nitrogen and oxygen atoms in total. The molecule has 1 aromatic heterocycles. The number of pyridine rings is 1. The minimum absolute atomic E-state index is 0.0385. The second-order valence-electron chi connectivity index (χ2n) is 5.43. The lowest BCUT2D eigenvalue weighted by Crippen LogP contribution is -2.41. The van der Waals surface area contributed by atoms with E-state index < -0.39 is 10.0 Å². The minimum Gasteiger partial charge on any atom is -0.384 e. The van der Waals surface area contributed by atoms with Crippen molar-refractivity contribution < 1.29 is 8.42 Å². The van der Waals surface area contributed by atoms with E-state index in [-0.39, 0.29) is 10.9 Å². The van der Waals surface area contributed by atoms with Crippen LogP contribution in [0.1, 0.15) is 39.5 Å². The summed E-state index contributed by atoms with van der Waals surface area (Å²) in [5, 5.41) is 3.08. The lowest BCUT2D eigenvalue weighted by molar-refractivity contribution is 0.310. The number of nitrogens with zero attached hydrogens (tertiary/aromatic N) is 1. The van der Waals surface area contributed by atoms with Crippen molar-refractivity contribution in [2.75, 3.05) is 11.9 Å². The standard InChI is InChI=1S/C14H23N3O2S/c1-3-16-12-8-13(10-15-9-12)20(18,19)17-14-7-5-4-6-11(14)2/h8-11,14,16-17H,3-7H2,1-2H3. The van der Waals surface area contributed by atoms with E-state index in [1.54, 1.807) is 12.3 Å². The quantitative estimate of drug-likeness (QED) is 0.875. The second-order valence-corrected chi connectivity index (χ2v) is 7.14. The van der Waals surface area contributed by atoms with Crippen molar-refractivity contribution in [3.05, 3.63) is 18.5 Å². The van der Waals surface area contributed by atoms with Crippen molar-refractivity contribution in [1.29, 1.82) is 0 Å². The third-order valence-electron chi connectivity index (χ3n) is 3.82. The zero-order valence-corrected chi connectivity index (χ0v) is 12.9. The highest BCUT2D eigenvalue weighted by atomic mass is 32.2. The van der Waals surface area contributed by atoms with E-state index in [4.69, 9.17) is 0 Å². The number of sulfonamides is 1. The van der Waals surface area contributed by atoms with E-state index >= 15 is 0 Å². The van der Waals surface area contributed by atoms with Crippen LogP contribution < -0.4 is 10.0 Å². The maximum absolute atomic E-state index is 12.4. The van der Waals surface area contributed by atoms with Gasteiger partial charge < -0.3 is 5.32 Å². The summed E-state index contributed by atoms with van der Waals surface area (Å²) in [6.07, 6.45) is 7.32. The molecule has 2 rings (SSSR count). The SMILES string of the molecule is CCNc1cncc(S(=O)(=O)NC2CCCCC2C)c1. The predicted octanol–water partition coefficient (Wildman–Crippen LogP) is 2.37. The van der Waals surface area contributed by atoms with Gasteiger partial charge in [0.25, 0.3) is 0 Å². The van der Waals surface area contributed by atoms with Crippen LogP contribution in [0, 0.1) is 5.92 Å². The Morgan fingerprint density at radius 1 is 1.30 bits per heavy atom. The molecule has 0 bridgehead atoms. The molecule has 1 aliphatic carbocycles. The first-order valence-corrected chi connectivity index (χ1v) is 8.72. The number of hydrogen-bond donors (Lipinski definition) is 2. The number of rotatable bonds is 5. The molecular weight excluding hydrogens is 274 g/mol. The molecule has 112 valence electrons. The van der Waals surface area contributed by atoms with Gasteiger partial charge >= 0.3 is 0 Å². The maximum Gasteiger partial charge on any atom is 0.242 e. The highest BCUT2D eigenvalue weighted by Crippen LogP contribution is 2.25. The highest BCUT2D eigenvalue weighted by Gasteiger charge is 2.27. The number of hydrogen-bond acceptors (Lipinski definition) is 4. The van der Waals surface area contributed by atoms with Gasteiger partial charge in [-0.25, -0.2) is 13.1 Å². The average molecular weight is 297 g/mol. The van der Waals surface area contributed by atoms with Crippen LogP contribution in [0.4, 0.5) is 5.69 Å². The van der Waals surface area contributed by atoms with Crippen molar-refractivity contribution in [2.45, 2.75) is 50.5 Å². The Kier molecular flexibility index (Phi) is 4.99. The van der Waals surface area contributed by atoms with Gasteiger partial charge in [-0.15, -0.1) is 0 Å². The summed E-state index contributed by atoms with van der Waals surface area (Å²) in [5.74, 6) is 0.392. The molecule has 0 aliphatic heterocycles. The summed E-state index contributed by atoms with van der Waals surface area (Å²) in [6, 6.07) is 1.67. The normalized spacial score (nSPS) is 23.5. The van der Waals surface area contributed by atoms with Crippen LogP contribution in [0.2, 0.25) is 0 Å². The molecule has 0 amide bonds. The minimum atomic E-state index is -3.49. The summed E-state index contributed by atoms with van der Waals surface area (Å²) >= 11 is 0. The zero-order valence-electron chi connectivity index (χ0n) is 12.1. The van der Waals surface area contributed by atoms with Crippen LogP contribution in [0.5, 0.6) is 0 Å². The molecule has 1 aromatic rings. The summed E-state index contributed by atoms with van der Waals surface area (Å²) in [5.41, 5.74) is 0.729. The lowest BCUT2D eigenvalue weighted by atomic mass is 9.87. The Morgan fingerprint density at radius 3 is 2.75 bits per heavy atom. The Bertz CT molecular complexity index is 545.